The number of methoxy groups -OCH3 is 1. The highest BCUT2D eigenvalue weighted by Crippen LogP contribution is 2.36. The molecule has 1 aliphatic rings. The van der Waals surface area contributed by atoms with Crippen molar-refractivity contribution in [2.24, 2.45) is 0 Å². The zero-order chi connectivity index (χ0) is 22.0. The van der Waals surface area contributed by atoms with Crippen LogP contribution in [-0.4, -0.2) is 28.8 Å². The number of ether oxygens (including phenoxy) is 1. The van der Waals surface area contributed by atoms with E-state index in [9.17, 15) is 9.59 Å². The normalized spacial score (nSPS) is 13.7. The Balaban J connectivity index is 1.79. The molecule has 1 N–H and O–H groups in total. The van der Waals surface area contributed by atoms with Crippen molar-refractivity contribution in [1.82, 2.24) is 9.88 Å². The summed E-state index contributed by atoms with van der Waals surface area (Å²) in [5.74, 6) is -0.308. The predicted molar refractivity (Wildman–Crippen MR) is 120 cm³/mol. The summed E-state index contributed by atoms with van der Waals surface area (Å²) in [5.41, 5.74) is 3.32. The molecule has 1 aliphatic heterocycles. The van der Waals surface area contributed by atoms with Crippen LogP contribution < -0.4 is 10.1 Å². The second-order valence-corrected chi connectivity index (χ2v) is 7.50. The SMILES string of the molecule is COc1ccccc1C1=C(Nc2ccc(C)c(Cl)c2)C(=O)N(Cc2ccncc2)C1=O. The van der Waals surface area contributed by atoms with Gasteiger partial charge in [0.15, 0.2) is 0 Å². The van der Waals surface area contributed by atoms with E-state index >= 15 is 0 Å². The number of imide groups is 1. The van der Waals surface area contributed by atoms with Gasteiger partial charge in [0.2, 0.25) is 0 Å². The van der Waals surface area contributed by atoms with Crippen LogP contribution in [0.4, 0.5) is 5.69 Å². The molecule has 0 radical (unpaired) electrons. The lowest BCUT2D eigenvalue weighted by Gasteiger charge is -2.15. The van der Waals surface area contributed by atoms with Gasteiger partial charge in [0.25, 0.3) is 11.8 Å². The first-order valence-corrected chi connectivity index (χ1v) is 10.0. The number of pyridine rings is 1. The quantitative estimate of drug-likeness (QED) is 0.582. The summed E-state index contributed by atoms with van der Waals surface area (Å²) in [6, 6.07) is 16.1. The van der Waals surface area contributed by atoms with Gasteiger partial charge in [-0.25, -0.2) is 0 Å². The average Bonchev–Trinajstić information content (AvgIpc) is 3.01. The summed E-state index contributed by atoms with van der Waals surface area (Å²) >= 11 is 6.26. The van der Waals surface area contributed by atoms with Crippen molar-refractivity contribution in [2.75, 3.05) is 12.4 Å². The van der Waals surface area contributed by atoms with Crippen molar-refractivity contribution in [3.8, 4) is 5.75 Å². The van der Waals surface area contributed by atoms with Crippen LogP contribution in [0.1, 0.15) is 16.7 Å². The van der Waals surface area contributed by atoms with E-state index in [0.29, 0.717) is 22.0 Å². The van der Waals surface area contributed by atoms with E-state index in [1.54, 1.807) is 48.8 Å². The Morgan fingerprint density at radius 2 is 1.77 bits per heavy atom. The summed E-state index contributed by atoms with van der Waals surface area (Å²) in [7, 11) is 1.53. The van der Waals surface area contributed by atoms with E-state index < -0.39 is 11.8 Å². The average molecular weight is 434 g/mol. The number of nitrogens with zero attached hydrogens (tertiary/aromatic N) is 2. The minimum Gasteiger partial charge on any atom is -0.496 e. The van der Waals surface area contributed by atoms with Crippen LogP contribution in [0.3, 0.4) is 0 Å². The fraction of sp³-hybridized carbons (Fsp3) is 0.125. The van der Waals surface area contributed by atoms with Crippen LogP contribution in [-0.2, 0) is 16.1 Å². The molecule has 0 bridgehead atoms. The van der Waals surface area contributed by atoms with Crippen molar-refractivity contribution in [3.05, 3.63) is 94.4 Å². The molecule has 0 aliphatic carbocycles. The topological polar surface area (TPSA) is 71.5 Å². The van der Waals surface area contributed by atoms with Crippen LogP contribution >= 0.6 is 11.6 Å². The number of aryl methyl sites for hydroxylation is 1. The van der Waals surface area contributed by atoms with Crippen molar-refractivity contribution in [3.63, 3.8) is 0 Å². The van der Waals surface area contributed by atoms with E-state index in [-0.39, 0.29) is 17.8 Å². The molecule has 0 saturated heterocycles. The second kappa shape index (κ2) is 8.62. The molecule has 0 fully saturated rings. The fourth-order valence-electron chi connectivity index (χ4n) is 3.42. The lowest BCUT2D eigenvalue weighted by atomic mass is 10.0. The summed E-state index contributed by atoms with van der Waals surface area (Å²) in [6.45, 7) is 2.03. The molecular formula is C24H20ClN3O3. The van der Waals surface area contributed by atoms with Crippen LogP contribution in [0.5, 0.6) is 5.75 Å². The molecule has 2 heterocycles. The standard InChI is InChI=1S/C24H20ClN3O3/c1-15-7-8-17(13-19(15)25)27-22-21(18-5-3-4-6-20(18)31-2)23(29)28(24(22)30)14-16-9-11-26-12-10-16/h3-13,27H,14H2,1-2H3. The molecular weight excluding hydrogens is 414 g/mol. The van der Waals surface area contributed by atoms with Gasteiger partial charge in [-0.15, -0.1) is 0 Å². The highest BCUT2D eigenvalue weighted by molar-refractivity contribution is 6.37. The number of benzene rings is 2. The van der Waals surface area contributed by atoms with Gasteiger partial charge < -0.3 is 10.1 Å². The zero-order valence-corrected chi connectivity index (χ0v) is 17.8. The molecule has 3 aromatic rings. The number of aromatic nitrogens is 1. The summed E-state index contributed by atoms with van der Waals surface area (Å²) in [4.78, 5) is 32.0. The molecule has 7 heteroatoms. The van der Waals surface area contributed by atoms with Gasteiger partial charge >= 0.3 is 0 Å². The summed E-state index contributed by atoms with van der Waals surface area (Å²) in [5, 5.41) is 3.68. The van der Waals surface area contributed by atoms with E-state index in [0.717, 1.165) is 11.1 Å². The molecule has 0 unspecified atom stereocenters. The van der Waals surface area contributed by atoms with Crippen LogP contribution in [0.25, 0.3) is 5.57 Å². The number of nitrogens with one attached hydrogen (secondary N) is 1. The van der Waals surface area contributed by atoms with Gasteiger partial charge in [0.05, 0.1) is 19.2 Å². The lowest BCUT2D eigenvalue weighted by molar-refractivity contribution is -0.137. The third kappa shape index (κ3) is 4.02. The second-order valence-electron chi connectivity index (χ2n) is 7.09. The Labute approximate surface area is 185 Å². The molecule has 0 atom stereocenters. The maximum Gasteiger partial charge on any atom is 0.278 e. The lowest BCUT2D eigenvalue weighted by Crippen LogP contribution is -2.32. The molecule has 0 saturated carbocycles. The highest BCUT2D eigenvalue weighted by atomic mass is 35.5. The molecule has 2 amide bonds. The number of hydrogen-bond donors (Lipinski definition) is 1. The van der Waals surface area contributed by atoms with Crippen molar-refractivity contribution in [1.29, 1.82) is 0 Å². The molecule has 156 valence electrons. The Morgan fingerprint density at radius 1 is 1.03 bits per heavy atom. The van der Waals surface area contributed by atoms with E-state index in [4.69, 9.17) is 16.3 Å². The van der Waals surface area contributed by atoms with E-state index in [1.807, 2.05) is 25.1 Å². The predicted octanol–water partition coefficient (Wildman–Crippen LogP) is 4.44. The first kappa shape index (κ1) is 20.6. The van der Waals surface area contributed by atoms with E-state index in [1.165, 1.54) is 12.0 Å². The van der Waals surface area contributed by atoms with Crippen molar-refractivity contribution < 1.29 is 14.3 Å². The highest BCUT2D eigenvalue weighted by Gasteiger charge is 2.40. The largest absolute Gasteiger partial charge is 0.496 e. The first-order chi connectivity index (χ1) is 15.0. The first-order valence-electron chi connectivity index (χ1n) is 9.65. The smallest absolute Gasteiger partial charge is 0.278 e. The number of hydrogen-bond acceptors (Lipinski definition) is 5. The number of carbonyl (C=O) groups is 2. The van der Waals surface area contributed by atoms with Gasteiger partial charge in [-0.3, -0.25) is 19.5 Å². The Kier molecular flexibility index (Phi) is 5.73. The molecule has 0 spiro atoms. The molecule has 2 aromatic carbocycles. The molecule has 4 rings (SSSR count). The summed E-state index contributed by atoms with van der Waals surface area (Å²) in [6.07, 6.45) is 3.25. The van der Waals surface area contributed by atoms with Crippen LogP contribution in [0.2, 0.25) is 5.02 Å². The maximum atomic E-state index is 13.4. The molecule has 1 aromatic heterocycles. The Hall–Kier alpha value is -3.64. The molecule has 6 nitrogen and oxygen atoms in total. The zero-order valence-electron chi connectivity index (χ0n) is 17.1. The van der Waals surface area contributed by atoms with E-state index in [2.05, 4.69) is 10.3 Å². The fourth-order valence-corrected chi connectivity index (χ4v) is 3.60. The van der Waals surface area contributed by atoms with Crippen molar-refractivity contribution >= 4 is 34.7 Å². The van der Waals surface area contributed by atoms with Gasteiger partial charge in [-0.05, 0) is 48.4 Å². The van der Waals surface area contributed by atoms with Gasteiger partial charge in [-0.2, -0.15) is 0 Å². The minimum atomic E-state index is -0.417. The Morgan fingerprint density at radius 3 is 2.48 bits per heavy atom. The number of carbonyl (C=O) groups excluding carboxylic acids is 2. The maximum absolute atomic E-state index is 13.4. The third-order valence-electron chi connectivity index (χ3n) is 5.08. The number of anilines is 1. The Bertz CT molecular complexity index is 1190. The van der Waals surface area contributed by atoms with Crippen LogP contribution in [0.15, 0.2) is 72.7 Å². The number of amides is 2. The number of halogens is 1. The van der Waals surface area contributed by atoms with Crippen molar-refractivity contribution in [2.45, 2.75) is 13.5 Å². The monoisotopic (exact) mass is 433 g/mol. The van der Waals surface area contributed by atoms with Crippen LogP contribution in [0, 0.1) is 6.92 Å². The third-order valence-corrected chi connectivity index (χ3v) is 5.48. The minimum absolute atomic E-state index is 0.138. The van der Waals surface area contributed by atoms with Gasteiger partial charge in [0, 0.05) is 28.7 Å². The number of para-hydroxylation sites is 1. The van der Waals surface area contributed by atoms with Gasteiger partial charge in [-0.1, -0.05) is 35.9 Å². The molecule has 31 heavy (non-hydrogen) atoms. The number of rotatable bonds is 6. The summed E-state index contributed by atoms with van der Waals surface area (Å²) < 4.78 is 5.45. The van der Waals surface area contributed by atoms with Gasteiger partial charge in [0.1, 0.15) is 11.4 Å².